The van der Waals surface area contributed by atoms with Gasteiger partial charge in [-0.15, -0.1) is 0 Å². The first-order valence-electron chi connectivity index (χ1n) is 33.9. The van der Waals surface area contributed by atoms with Crippen LogP contribution in [0.3, 0.4) is 0 Å². The third kappa shape index (κ3) is 64.9. The van der Waals surface area contributed by atoms with Crippen molar-refractivity contribution in [1.82, 2.24) is 0 Å². The Kier molecular flexibility index (Phi) is 64.3. The van der Waals surface area contributed by atoms with Gasteiger partial charge in [-0.25, -0.2) is 0 Å². The van der Waals surface area contributed by atoms with Crippen LogP contribution < -0.4 is 0 Å². The van der Waals surface area contributed by atoms with Gasteiger partial charge in [0.1, 0.15) is 13.2 Å². The van der Waals surface area contributed by atoms with Gasteiger partial charge in [0, 0.05) is 19.3 Å². The summed E-state index contributed by atoms with van der Waals surface area (Å²) in [7, 11) is 0. The molecule has 0 amide bonds. The molecule has 1 atom stereocenters. The summed E-state index contributed by atoms with van der Waals surface area (Å²) in [6, 6.07) is 0. The molecular weight excluding hydrogens is 985 g/mol. The molecule has 0 bridgehead atoms. The van der Waals surface area contributed by atoms with E-state index in [4.69, 9.17) is 14.2 Å². The number of carbonyl (C=O) groups excluding carboxylic acids is 3. The Hall–Kier alpha value is -3.93. The molecule has 80 heavy (non-hydrogen) atoms. The molecule has 0 saturated heterocycles. The van der Waals surface area contributed by atoms with Crippen LogP contribution in [-0.2, 0) is 28.6 Å². The van der Waals surface area contributed by atoms with Crippen LogP contribution in [0.1, 0.15) is 323 Å². The van der Waals surface area contributed by atoms with Gasteiger partial charge in [-0.1, -0.05) is 304 Å². The van der Waals surface area contributed by atoms with Crippen molar-refractivity contribution in [2.24, 2.45) is 0 Å². The number of rotatable bonds is 61. The SMILES string of the molecule is CC/C=C\C/C=C\C/C=C\C/C=C\C/C=C\C/C=C\C/C=C\C/C=C\CCCCCCCCCCC(=O)OCC(COC(=O)CCCCCCC/C=C\CCCCC)OC(=O)CCCCCCCCCCCCCCCCCCC. The normalized spacial score (nSPS) is 12.8. The molecule has 0 spiro atoms. The van der Waals surface area contributed by atoms with Crippen LogP contribution in [0, 0.1) is 0 Å². The third-order valence-electron chi connectivity index (χ3n) is 14.5. The van der Waals surface area contributed by atoms with Gasteiger partial charge in [-0.3, -0.25) is 14.4 Å². The second-order valence-electron chi connectivity index (χ2n) is 22.4. The maximum Gasteiger partial charge on any atom is 0.306 e. The lowest BCUT2D eigenvalue weighted by Crippen LogP contribution is -2.30. The number of esters is 3. The van der Waals surface area contributed by atoms with Crippen molar-refractivity contribution in [3.63, 3.8) is 0 Å². The lowest BCUT2D eigenvalue weighted by Gasteiger charge is -2.18. The third-order valence-corrected chi connectivity index (χ3v) is 14.5. The smallest absolute Gasteiger partial charge is 0.306 e. The average Bonchev–Trinajstić information content (AvgIpc) is 3.46. The molecule has 458 valence electrons. The molecule has 0 aromatic heterocycles. The van der Waals surface area contributed by atoms with Gasteiger partial charge in [-0.05, 0) is 109 Å². The van der Waals surface area contributed by atoms with E-state index in [9.17, 15) is 14.4 Å². The van der Waals surface area contributed by atoms with E-state index in [0.29, 0.717) is 19.3 Å². The highest BCUT2D eigenvalue weighted by Gasteiger charge is 2.19. The molecule has 0 N–H and O–H groups in total. The number of ether oxygens (including phenoxy) is 3. The zero-order valence-electron chi connectivity index (χ0n) is 52.6. The Morgan fingerprint density at radius 2 is 0.487 bits per heavy atom. The minimum atomic E-state index is -0.784. The van der Waals surface area contributed by atoms with Crippen molar-refractivity contribution < 1.29 is 28.6 Å². The molecule has 0 aliphatic rings. The van der Waals surface area contributed by atoms with Gasteiger partial charge in [0.15, 0.2) is 6.10 Å². The number of allylic oxidation sites excluding steroid dienone is 18. The summed E-state index contributed by atoms with van der Waals surface area (Å²) in [5.41, 5.74) is 0. The highest BCUT2D eigenvalue weighted by Crippen LogP contribution is 2.17. The first kappa shape index (κ1) is 76.1. The number of carbonyl (C=O) groups is 3. The highest BCUT2D eigenvalue weighted by atomic mass is 16.6. The van der Waals surface area contributed by atoms with E-state index < -0.39 is 6.10 Å². The maximum atomic E-state index is 12.9. The molecule has 0 fully saturated rings. The van der Waals surface area contributed by atoms with E-state index in [1.54, 1.807) is 0 Å². The molecule has 0 heterocycles. The number of unbranched alkanes of at least 4 members (excludes halogenated alkanes) is 32. The lowest BCUT2D eigenvalue weighted by molar-refractivity contribution is -0.167. The molecule has 0 rings (SSSR count). The fraction of sp³-hybridized carbons (Fsp3) is 0.716. The number of hydrogen-bond donors (Lipinski definition) is 0. The summed E-state index contributed by atoms with van der Waals surface area (Å²) in [5, 5.41) is 0. The topological polar surface area (TPSA) is 78.9 Å². The van der Waals surface area contributed by atoms with Gasteiger partial charge in [0.2, 0.25) is 0 Å². The maximum absolute atomic E-state index is 12.9. The fourth-order valence-electron chi connectivity index (χ4n) is 9.45. The number of hydrogen-bond acceptors (Lipinski definition) is 6. The first-order chi connectivity index (χ1) is 39.5. The molecule has 6 heteroatoms. The molecular formula is C74H126O6. The van der Waals surface area contributed by atoms with Crippen molar-refractivity contribution >= 4 is 17.9 Å². The van der Waals surface area contributed by atoms with Crippen molar-refractivity contribution in [3.8, 4) is 0 Å². The second kappa shape index (κ2) is 67.6. The largest absolute Gasteiger partial charge is 0.462 e. The van der Waals surface area contributed by atoms with Crippen molar-refractivity contribution in [2.75, 3.05) is 13.2 Å². The van der Waals surface area contributed by atoms with E-state index in [0.717, 1.165) is 122 Å². The molecule has 0 radical (unpaired) electrons. The van der Waals surface area contributed by atoms with Crippen LogP contribution in [0.4, 0.5) is 0 Å². The zero-order chi connectivity index (χ0) is 57.8. The van der Waals surface area contributed by atoms with Crippen LogP contribution in [0.15, 0.2) is 109 Å². The van der Waals surface area contributed by atoms with E-state index in [2.05, 4.69) is 130 Å². The Labute approximate surface area is 495 Å². The summed E-state index contributed by atoms with van der Waals surface area (Å²) in [5.74, 6) is -0.887. The van der Waals surface area contributed by atoms with Crippen LogP contribution in [0.5, 0.6) is 0 Å². The fourth-order valence-corrected chi connectivity index (χ4v) is 9.45. The minimum absolute atomic E-state index is 0.0819. The van der Waals surface area contributed by atoms with E-state index >= 15 is 0 Å². The second-order valence-corrected chi connectivity index (χ2v) is 22.4. The lowest BCUT2D eigenvalue weighted by atomic mass is 10.0. The van der Waals surface area contributed by atoms with Crippen LogP contribution in [-0.4, -0.2) is 37.2 Å². The molecule has 0 saturated carbocycles. The van der Waals surface area contributed by atoms with Gasteiger partial charge in [-0.2, -0.15) is 0 Å². The van der Waals surface area contributed by atoms with Crippen LogP contribution in [0.2, 0.25) is 0 Å². The molecule has 0 aromatic carbocycles. The molecule has 1 unspecified atom stereocenters. The first-order valence-corrected chi connectivity index (χ1v) is 33.9. The predicted molar refractivity (Wildman–Crippen MR) is 348 cm³/mol. The average molecular weight is 1110 g/mol. The van der Waals surface area contributed by atoms with E-state index in [1.807, 2.05) is 0 Å². The van der Waals surface area contributed by atoms with Gasteiger partial charge < -0.3 is 14.2 Å². The molecule has 0 aliphatic heterocycles. The molecule has 0 aliphatic carbocycles. The Morgan fingerprint density at radius 1 is 0.263 bits per heavy atom. The monoisotopic (exact) mass is 1110 g/mol. The van der Waals surface area contributed by atoms with Crippen molar-refractivity contribution in [3.05, 3.63) is 109 Å². The van der Waals surface area contributed by atoms with Gasteiger partial charge in [0.05, 0.1) is 0 Å². The van der Waals surface area contributed by atoms with Crippen molar-refractivity contribution in [2.45, 2.75) is 329 Å². The summed E-state index contributed by atoms with van der Waals surface area (Å²) >= 11 is 0. The Bertz CT molecular complexity index is 1610. The van der Waals surface area contributed by atoms with Crippen LogP contribution in [0.25, 0.3) is 0 Å². The van der Waals surface area contributed by atoms with E-state index in [-0.39, 0.29) is 31.1 Å². The summed E-state index contributed by atoms with van der Waals surface area (Å²) in [6.07, 6.45) is 92.5. The van der Waals surface area contributed by atoms with Crippen molar-refractivity contribution in [1.29, 1.82) is 0 Å². The Balaban J connectivity index is 4.25. The summed E-state index contributed by atoms with van der Waals surface area (Å²) in [6.45, 7) is 6.52. The standard InChI is InChI=1S/C74H126O6/c1-4-7-10-13-16-19-22-25-27-29-30-31-32-33-34-35-36-37-38-39-40-41-42-43-44-46-47-49-52-55-58-61-64-67-73(76)79-70-71(69-78-72(75)66-63-60-57-54-51-24-21-18-15-12-9-6-3)80-74(77)68-65-62-59-56-53-50-48-45-28-26-23-20-17-14-11-8-5-2/h7,10,16,18-19,21,25,27,30-31,33-34,36-37,39-40,42-43,71H,4-6,8-9,11-15,17,20,22-24,26,28-29,32,35,38,41,44-70H2,1-3H3/b10-7-,19-16-,21-18-,27-25-,31-30-,34-33-,37-36-,40-39-,43-42-. The Morgan fingerprint density at radius 3 is 0.800 bits per heavy atom. The van der Waals surface area contributed by atoms with Gasteiger partial charge >= 0.3 is 17.9 Å². The van der Waals surface area contributed by atoms with Crippen LogP contribution >= 0.6 is 0 Å². The molecule has 6 nitrogen and oxygen atoms in total. The minimum Gasteiger partial charge on any atom is -0.462 e. The quantitative estimate of drug-likeness (QED) is 0.0261. The summed E-state index contributed by atoms with van der Waals surface area (Å²) in [4.78, 5) is 38.3. The van der Waals surface area contributed by atoms with Gasteiger partial charge in [0.25, 0.3) is 0 Å². The predicted octanol–water partition coefficient (Wildman–Crippen LogP) is 23.4. The summed E-state index contributed by atoms with van der Waals surface area (Å²) < 4.78 is 16.9. The zero-order valence-corrected chi connectivity index (χ0v) is 52.6. The highest BCUT2D eigenvalue weighted by molar-refractivity contribution is 5.71. The molecule has 0 aromatic rings. The van der Waals surface area contributed by atoms with E-state index in [1.165, 1.54) is 161 Å².